The number of aliphatic carboxylic acids is 1. The number of hydrogen-bond acceptors (Lipinski definition) is 3. The Bertz CT molecular complexity index is 514. The van der Waals surface area contributed by atoms with Gasteiger partial charge in [-0.05, 0) is 24.5 Å². The average Bonchev–Trinajstić information content (AvgIpc) is 2.36. The molecule has 0 bridgehead atoms. The molecule has 0 saturated heterocycles. The lowest BCUT2D eigenvalue weighted by Gasteiger charge is -2.13. The summed E-state index contributed by atoms with van der Waals surface area (Å²) in [7, 11) is 0. The highest BCUT2D eigenvalue weighted by Crippen LogP contribution is 2.09. The van der Waals surface area contributed by atoms with E-state index < -0.39 is 30.2 Å². The molecule has 0 aliphatic rings. The van der Waals surface area contributed by atoms with Crippen LogP contribution in [0.2, 0.25) is 0 Å². The van der Waals surface area contributed by atoms with Gasteiger partial charge >= 0.3 is 5.97 Å². The van der Waals surface area contributed by atoms with Crippen LogP contribution in [0.4, 0.5) is 0 Å². The first kappa shape index (κ1) is 15.7. The first-order valence-electron chi connectivity index (χ1n) is 6.25. The number of amides is 2. The smallest absolute Gasteiger partial charge is 0.326 e. The normalized spacial score (nSPS) is 11.7. The molecule has 108 valence electrons. The fraction of sp³-hybridized carbons (Fsp3) is 0.357. The SMILES string of the molecule is Cc1ccccc1CCC(=O)N[C@@H](CC(N)=O)C(=O)O. The Morgan fingerprint density at radius 2 is 1.95 bits per heavy atom. The molecule has 0 aliphatic heterocycles. The number of carboxylic acid groups (broad SMARTS) is 1. The van der Waals surface area contributed by atoms with Gasteiger partial charge in [0.05, 0.1) is 6.42 Å². The minimum atomic E-state index is -1.27. The van der Waals surface area contributed by atoms with Gasteiger partial charge in [-0.25, -0.2) is 4.79 Å². The minimum absolute atomic E-state index is 0.160. The van der Waals surface area contributed by atoms with E-state index in [-0.39, 0.29) is 6.42 Å². The van der Waals surface area contributed by atoms with E-state index in [4.69, 9.17) is 10.8 Å². The Balaban J connectivity index is 2.52. The third kappa shape index (κ3) is 5.09. The molecule has 1 aromatic rings. The van der Waals surface area contributed by atoms with Gasteiger partial charge in [0.2, 0.25) is 11.8 Å². The van der Waals surface area contributed by atoms with Crippen molar-refractivity contribution in [1.29, 1.82) is 0 Å². The third-order valence-electron chi connectivity index (χ3n) is 2.92. The molecule has 20 heavy (non-hydrogen) atoms. The molecule has 6 nitrogen and oxygen atoms in total. The molecular weight excluding hydrogens is 260 g/mol. The number of aryl methyl sites for hydroxylation is 2. The number of rotatable bonds is 7. The highest BCUT2D eigenvalue weighted by Gasteiger charge is 2.21. The van der Waals surface area contributed by atoms with Crippen molar-refractivity contribution in [2.75, 3.05) is 0 Å². The van der Waals surface area contributed by atoms with Gasteiger partial charge in [0.1, 0.15) is 6.04 Å². The standard InChI is InChI=1S/C14H18N2O4/c1-9-4-2-3-5-10(9)6-7-13(18)16-11(14(19)20)8-12(15)17/h2-5,11H,6-8H2,1H3,(H2,15,17)(H,16,18)(H,19,20)/t11-/m0/s1. The number of carbonyl (C=O) groups excluding carboxylic acids is 2. The van der Waals surface area contributed by atoms with Crippen LogP contribution in [0.1, 0.15) is 24.0 Å². The molecular formula is C14H18N2O4. The Morgan fingerprint density at radius 3 is 2.50 bits per heavy atom. The fourth-order valence-corrected chi connectivity index (χ4v) is 1.81. The Hall–Kier alpha value is -2.37. The maximum Gasteiger partial charge on any atom is 0.326 e. The predicted molar refractivity (Wildman–Crippen MR) is 72.9 cm³/mol. The van der Waals surface area contributed by atoms with Gasteiger partial charge in [-0.15, -0.1) is 0 Å². The maximum absolute atomic E-state index is 11.7. The van der Waals surface area contributed by atoms with Crippen molar-refractivity contribution >= 4 is 17.8 Å². The summed E-state index contributed by atoms with van der Waals surface area (Å²) in [5.74, 6) is -2.45. The molecule has 0 saturated carbocycles. The average molecular weight is 278 g/mol. The first-order valence-corrected chi connectivity index (χ1v) is 6.25. The molecule has 0 spiro atoms. The summed E-state index contributed by atoms with van der Waals surface area (Å²) in [5.41, 5.74) is 7.05. The lowest BCUT2D eigenvalue weighted by atomic mass is 10.0. The van der Waals surface area contributed by atoms with Gasteiger partial charge in [0.15, 0.2) is 0 Å². The maximum atomic E-state index is 11.7. The van der Waals surface area contributed by atoms with Crippen molar-refractivity contribution in [1.82, 2.24) is 5.32 Å². The number of carboxylic acids is 1. The second-order valence-corrected chi connectivity index (χ2v) is 4.56. The van der Waals surface area contributed by atoms with Crippen LogP contribution >= 0.6 is 0 Å². The minimum Gasteiger partial charge on any atom is -0.480 e. The number of hydrogen-bond donors (Lipinski definition) is 3. The Kier molecular flexibility index (Phi) is 5.71. The van der Waals surface area contributed by atoms with E-state index in [0.29, 0.717) is 6.42 Å². The number of carbonyl (C=O) groups is 3. The van der Waals surface area contributed by atoms with Crippen molar-refractivity contribution in [3.8, 4) is 0 Å². The van der Waals surface area contributed by atoms with Crippen molar-refractivity contribution < 1.29 is 19.5 Å². The highest BCUT2D eigenvalue weighted by molar-refractivity contribution is 5.88. The van der Waals surface area contributed by atoms with Crippen LogP contribution in [-0.2, 0) is 20.8 Å². The summed E-state index contributed by atoms with van der Waals surface area (Å²) < 4.78 is 0. The monoisotopic (exact) mass is 278 g/mol. The highest BCUT2D eigenvalue weighted by atomic mass is 16.4. The molecule has 0 aromatic heterocycles. The molecule has 0 unspecified atom stereocenters. The van der Waals surface area contributed by atoms with E-state index in [1.807, 2.05) is 31.2 Å². The number of benzene rings is 1. The lowest BCUT2D eigenvalue weighted by molar-refractivity contribution is -0.143. The molecule has 0 radical (unpaired) electrons. The van der Waals surface area contributed by atoms with Crippen LogP contribution in [0.25, 0.3) is 0 Å². The van der Waals surface area contributed by atoms with Crippen molar-refractivity contribution in [3.05, 3.63) is 35.4 Å². The van der Waals surface area contributed by atoms with E-state index in [9.17, 15) is 14.4 Å². The summed E-state index contributed by atoms with van der Waals surface area (Å²) in [6.45, 7) is 1.94. The van der Waals surface area contributed by atoms with Crippen molar-refractivity contribution in [3.63, 3.8) is 0 Å². The van der Waals surface area contributed by atoms with Crippen LogP contribution in [0.3, 0.4) is 0 Å². The summed E-state index contributed by atoms with van der Waals surface area (Å²) >= 11 is 0. The van der Waals surface area contributed by atoms with Crippen LogP contribution in [0.5, 0.6) is 0 Å². The van der Waals surface area contributed by atoms with Crippen molar-refractivity contribution in [2.45, 2.75) is 32.2 Å². The van der Waals surface area contributed by atoms with E-state index in [0.717, 1.165) is 11.1 Å². The summed E-state index contributed by atoms with van der Waals surface area (Å²) in [6.07, 6.45) is 0.264. The van der Waals surface area contributed by atoms with E-state index in [1.54, 1.807) is 0 Å². The Labute approximate surface area is 117 Å². The van der Waals surface area contributed by atoms with Gasteiger partial charge in [-0.1, -0.05) is 24.3 Å². The van der Waals surface area contributed by atoms with E-state index >= 15 is 0 Å². The lowest BCUT2D eigenvalue weighted by Crippen LogP contribution is -2.43. The van der Waals surface area contributed by atoms with Crippen LogP contribution < -0.4 is 11.1 Å². The van der Waals surface area contributed by atoms with Gasteiger partial charge in [0.25, 0.3) is 0 Å². The number of nitrogens with one attached hydrogen (secondary N) is 1. The molecule has 2 amide bonds. The quantitative estimate of drug-likeness (QED) is 0.669. The molecule has 0 heterocycles. The molecule has 1 aromatic carbocycles. The van der Waals surface area contributed by atoms with Crippen LogP contribution in [0, 0.1) is 6.92 Å². The second-order valence-electron chi connectivity index (χ2n) is 4.56. The predicted octanol–water partition coefficient (Wildman–Crippen LogP) is 0.372. The van der Waals surface area contributed by atoms with Crippen LogP contribution in [-0.4, -0.2) is 28.9 Å². The first-order chi connectivity index (χ1) is 9.40. The molecule has 1 rings (SSSR count). The largest absolute Gasteiger partial charge is 0.480 e. The zero-order chi connectivity index (χ0) is 15.1. The van der Waals surface area contributed by atoms with Gasteiger partial charge in [-0.3, -0.25) is 9.59 Å². The molecule has 0 aliphatic carbocycles. The van der Waals surface area contributed by atoms with Gasteiger partial charge < -0.3 is 16.2 Å². The molecule has 4 N–H and O–H groups in total. The Morgan fingerprint density at radius 1 is 1.30 bits per heavy atom. The van der Waals surface area contributed by atoms with E-state index in [2.05, 4.69) is 5.32 Å². The van der Waals surface area contributed by atoms with E-state index in [1.165, 1.54) is 0 Å². The molecule has 1 atom stereocenters. The third-order valence-corrected chi connectivity index (χ3v) is 2.92. The zero-order valence-electron chi connectivity index (χ0n) is 11.3. The van der Waals surface area contributed by atoms with Crippen LogP contribution in [0.15, 0.2) is 24.3 Å². The van der Waals surface area contributed by atoms with Crippen molar-refractivity contribution in [2.24, 2.45) is 5.73 Å². The topological polar surface area (TPSA) is 109 Å². The number of primary amides is 1. The summed E-state index contributed by atoms with van der Waals surface area (Å²) in [5, 5.41) is 11.2. The summed E-state index contributed by atoms with van der Waals surface area (Å²) in [4.78, 5) is 33.3. The molecule has 6 heteroatoms. The molecule has 0 fully saturated rings. The number of nitrogens with two attached hydrogens (primary N) is 1. The van der Waals surface area contributed by atoms with Gasteiger partial charge in [-0.2, -0.15) is 0 Å². The van der Waals surface area contributed by atoms with Gasteiger partial charge in [0, 0.05) is 6.42 Å². The second kappa shape index (κ2) is 7.28. The fourth-order valence-electron chi connectivity index (χ4n) is 1.81. The zero-order valence-corrected chi connectivity index (χ0v) is 11.3. The summed E-state index contributed by atoms with van der Waals surface area (Å²) in [6, 6.07) is 6.39.